The lowest BCUT2D eigenvalue weighted by Crippen LogP contribution is -2.02. The van der Waals surface area contributed by atoms with E-state index in [2.05, 4.69) is 4.84 Å². The lowest BCUT2D eigenvalue weighted by Gasteiger charge is -1.94. The lowest BCUT2D eigenvalue weighted by molar-refractivity contribution is -0.757. The number of hydrogen-bond donors (Lipinski definition) is 1. The molecule has 5 nitrogen and oxygen atoms in total. The van der Waals surface area contributed by atoms with Crippen LogP contribution in [0, 0.1) is 10.1 Å². The van der Waals surface area contributed by atoms with Crippen molar-refractivity contribution in [3.63, 3.8) is 0 Å². The van der Waals surface area contributed by atoms with Crippen molar-refractivity contribution in [3.05, 3.63) is 10.1 Å². The minimum Gasteiger partial charge on any atom is -0.396 e. The zero-order valence-corrected chi connectivity index (χ0v) is 4.12. The van der Waals surface area contributed by atoms with Gasteiger partial charge in [-0.05, 0) is 12.7 Å². The van der Waals surface area contributed by atoms with E-state index in [1.807, 2.05) is 0 Å². The third-order valence-electron chi connectivity index (χ3n) is 0.290. The molecule has 0 unspecified atom stereocenters. The molecule has 0 amide bonds. The molecule has 0 atom stereocenters. The quantitative estimate of drug-likeness (QED) is 0.433. The minimum atomic E-state index is -3.81. The molecular weight excluding hydrogens is 126 g/mol. The minimum absolute atomic E-state index is 1.68. The fourth-order valence-corrected chi connectivity index (χ4v) is 0.114. The molecule has 9 heavy (non-hydrogen) atoms. The molecule has 0 radical (unpaired) electrons. The van der Waals surface area contributed by atoms with Crippen LogP contribution in [0.4, 0.5) is 0 Å². The summed E-state index contributed by atoms with van der Waals surface area (Å²) in [5.41, 5.74) is 0. The third-order valence-corrected chi connectivity index (χ3v) is 0.290. The summed E-state index contributed by atoms with van der Waals surface area (Å²) in [4.78, 5) is 13.3. The molecule has 0 spiro atoms. The first-order valence-electron chi connectivity index (χ1n) is 5.73. The summed E-state index contributed by atoms with van der Waals surface area (Å²) >= 11 is 0. The van der Waals surface area contributed by atoms with Gasteiger partial charge in [-0.3, -0.25) is 0 Å². The largest absolute Gasteiger partial charge is 0.396 e. The predicted molar refractivity (Wildman–Crippen MR) is 29.3 cm³/mol. The van der Waals surface area contributed by atoms with E-state index in [4.69, 9.17) is 16.1 Å². The molecule has 0 saturated heterocycles. The van der Waals surface area contributed by atoms with Crippen molar-refractivity contribution in [2.24, 2.45) is 0 Å². The van der Waals surface area contributed by atoms with Gasteiger partial charge in [-0.2, -0.15) is 0 Å². The summed E-state index contributed by atoms with van der Waals surface area (Å²) in [6.45, 7) is -7.54. The smallest absolute Gasteiger partial charge is 0.294 e. The standard InChI is InChI=1S/C4H9NO4/c6-3-1-2-4-9-5(7)8/h6H,1-4H2/i1D2,2D2,3D2,4D2. The maximum atomic E-state index is 9.94. The molecule has 0 aliphatic heterocycles. The van der Waals surface area contributed by atoms with Gasteiger partial charge in [0.1, 0.15) is 0 Å². The van der Waals surface area contributed by atoms with Gasteiger partial charge in [0.25, 0.3) is 5.09 Å². The molecule has 0 aliphatic carbocycles. The van der Waals surface area contributed by atoms with E-state index >= 15 is 0 Å². The Kier molecular flexibility index (Phi) is 1.07. The third kappa shape index (κ3) is 7.16. The summed E-state index contributed by atoms with van der Waals surface area (Å²) < 4.78 is 55.3. The first-order chi connectivity index (χ1) is 7.17. The van der Waals surface area contributed by atoms with Crippen LogP contribution in [-0.4, -0.2) is 23.3 Å². The molecule has 0 rings (SSSR count). The Morgan fingerprint density at radius 1 is 1.78 bits per heavy atom. The summed E-state index contributed by atoms with van der Waals surface area (Å²) in [5, 5.41) is 17.1. The highest BCUT2D eigenvalue weighted by atomic mass is 16.9. The molecule has 0 aromatic heterocycles. The molecule has 0 heterocycles. The normalized spacial score (nSPS) is 28.6. The molecule has 0 bridgehead atoms. The Morgan fingerprint density at radius 3 is 2.89 bits per heavy atom. The van der Waals surface area contributed by atoms with E-state index in [1.54, 1.807) is 0 Å². The van der Waals surface area contributed by atoms with Gasteiger partial charge in [0.2, 0.25) is 0 Å². The van der Waals surface area contributed by atoms with E-state index in [0.717, 1.165) is 0 Å². The van der Waals surface area contributed by atoms with Gasteiger partial charge in [-0.25, -0.2) is 0 Å². The Balaban J connectivity index is 5.47. The van der Waals surface area contributed by atoms with E-state index in [-0.39, 0.29) is 0 Å². The topological polar surface area (TPSA) is 72.6 Å². The van der Waals surface area contributed by atoms with Crippen LogP contribution in [0.3, 0.4) is 0 Å². The summed E-state index contributed by atoms with van der Waals surface area (Å²) in [5.74, 6) is 0. The molecule has 54 valence electrons. The van der Waals surface area contributed by atoms with Crippen LogP contribution >= 0.6 is 0 Å². The summed E-state index contributed by atoms with van der Waals surface area (Å²) in [6.07, 6.45) is -7.59. The monoisotopic (exact) mass is 143 g/mol. The van der Waals surface area contributed by atoms with Crippen molar-refractivity contribution < 1.29 is 26.0 Å². The zero-order chi connectivity index (χ0) is 14.3. The first kappa shape index (κ1) is 1.82. The van der Waals surface area contributed by atoms with Crippen molar-refractivity contribution in [1.29, 1.82) is 0 Å². The van der Waals surface area contributed by atoms with Crippen LogP contribution in [-0.2, 0) is 4.84 Å². The average molecular weight is 143 g/mol. The van der Waals surface area contributed by atoms with Gasteiger partial charge >= 0.3 is 0 Å². The van der Waals surface area contributed by atoms with Crippen molar-refractivity contribution >= 4 is 0 Å². The second-order valence-electron chi connectivity index (χ2n) is 0.779. The molecular formula is C4H9NO4. The SMILES string of the molecule is [2H]C([2H])(O)C([2H])([2H])C([2H])([2H])C([2H])([2H])O[N+](=O)[O-]. The van der Waals surface area contributed by atoms with E-state index in [9.17, 15) is 10.1 Å². The van der Waals surface area contributed by atoms with E-state index in [0.29, 0.717) is 0 Å². The van der Waals surface area contributed by atoms with E-state index in [1.165, 1.54) is 0 Å². The highest BCUT2D eigenvalue weighted by Crippen LogP contribution is 1.87. The summed E-state index contributed by atoms with van der Waals surface area (Å²) in [7, 11) is 0. The van der Waals surface area contributed by atoms with Crippen LogP contribution < -0.4 is 0 Å². The van der Waals surface area contributed by atoms with Crippen molar-refractivity contribution in [2.75, 3.05) is 13.1 Å². The highest BCUT2D eigenvalue weighted by Gasteiger charge is 1.91. The molecule has 0 aromatic rings. The molecule has 1 N–H and O–H groups in total. The van der Waals surface area contributed by atoms with Gasteiger partial charge in [0, 0.05) is 12.0 Å². The van der Waals surface area contributed by atoms with Crippen molar-refractivity contribution in [3.8, 4) is 0 Å². The van der Waals surface area contributed by atoms with Gasteiger partial charge in [-0.15, -0.1) is 10.1 Å². The van der Waals surface area contributed by atoms with Crippen molar-refractivity contribution in [1.82, 2.24) is 0 Å². The van der Waals surface area contributed by atoms with Gasteiger partial charge in [0.05, 0.1) is 12.0 Å². The van der Waals surface area contributed by atoms with Crippen LogP contribution in [0.25, 0.3) is 0 Å². The molecule has 0 saturated carbocycles. The van der Waals surface area contributed by atoms with E-state index < -0.39 is 31.0 Å². The summed E-state index contributed by atoms with van der Waals surface area (Å²) in [6, 6.07) is 0. The van der Waals surface area contributed by atoms with Crippen LogP contribution in [0.2, 0.25) is 0 Å². The predicted octanol–water partition coefficient (Wildman–Crippen LogP) is -0.0328. The number of nitrogens with zero attached hydrogens (tertiary/aromatic N) is 1. The van der Waals surface area contributed by atoms with Gasteiger partial charge < -0.3 is 9.94 Å². The molecule has 0 aliphatic rings. The number of aliphatic hydroxyl groups is 1. The van der Waals surface area contributed by atoms with Crippen LogP contribution in [0.15, 0.2) is 0 Å². The van der Waals surface area contributed by atoms with Crippen LogP contribution in [0.5, 0.6) is 0 Å². The maximum Gasteiger partial charge on any atom is 0.294 e. The molecule has 0 fully saturated rings. The van der Waals surface area contributed by atoms with Gasteiger partial charge in [-0.1, -0.05) is 0 Å². The lowest BCUT2D eigenvalue weighted by atomic mass is 10.3. The molecule has 5 heteroatoms. The number of rotatable bonds is 5. The zero-order valence-electron chi connectivity index (χ0n) is 12.1. The Bertz CT molecular complexity index is 311. The highest BCUT2D eigenvalue weighted by molar-refractivity contribution is 4.31. The molecule has 0 aromatic carbocycles. The maximum absolute atomic E-state index is 9.94. The van der Waals surface area contributed by atoms with Gasteiger partial charge in [0.15, 0.2) is 0 Å². The van der Waals surface area contributed by atoms with Crippen molar-refractivity contribution in [2.45, 2.75) is 12.7 Å². The Hall–Kier alpha value is -0.840. The Labute approximate surface area is 63.6 Å². The number of hydrogen-bond acceptors (Lipinski definition) is 4. The first-order valence-corrected chi connectivity index (χ1v) is 1.73. The second kappa shape index (κ2) is 5.30. The fourth-order valence-electron chi connectivity index (χ4n) is 0.114. The Morgan fingerprint density at radius 2 is 2.44 bits per heavy atom. The van der Waals surface area contributed by atoms with Crippen LogP contribution in [0.1, 0.15) is 23.7 Å². The average Bonchev–Trinajstić information content (AvgIpc) is 1.98. The second-order valence-corrected chi connectivity index (χ2v) is 0.779. The fraction of sp³-hybridized carbons (Fsp3) is 1.00.